The van der Waals surface area contributed by atoms with Gasteiger partial charge in [0, 0.05) is 19.6 Å². The molecule has 136 valence electrons. The zero-order chi connectivity index (χ0) is 18.0. The van der Waals surface area contributed by atoms with Gasteiger partial charge in [-0.05, 0) is 37.5 Å². The number of nitrogens with one attached hydrogen (secondary N) is 1. The second-order valence-corrected chi connectivity index (χ2v) is 7.03. The highest BCUT2D eigenvalue weighted by atomic mass is 35.5. The largest absolute Gasteiger partial charge is 0.486 e. The fourth-order valence-electron chi connectivity index (χ4n) is 3.04. The van der Waals surface area contributed by atoms with Gasteiger partial charge in [-0.3, -0.25) is 4.79 Å². The monoisotopic (exact) mass is 368 g/mol. The number of likely N-dealkylation sites (tertiary alicyclic amines) is 1. The van der Waals surface area contributed by atoms with Crippen LogP contribution >= 0.6 is 11.6 Å². The van der Waals surface area contributed by atoms with Crippen molar-refractivity contribution in [3.05, 3.63) is 22.7 Å². The number of fused-ring (bicyclic) bond motifs is 1. The molecule has 2 N–H and O–H groups in total. The number of ether oxygens (including phenoxy) is 2. The van der Waals surface area contributed by atoms with Crippen LogP contribution < -0.4 is 14.8 Å². The number of hydrogen-bond donors (Lipinski definition) is 2. The summed E-state index contributed by atoms with van der Waals surface area (Å²) in [6, 6.07) is 3.43. The Hall–Kier alpha value is -2.15. The van der Waals surface area contributed by atoms with Gasteiger partial charge in [0.25, 0.3) is 0 Å². The number of urea groups is 1. The van der Waals surface area contributed by atoms with E-state index in [0.717, 1.165) is 5.56 Å². The summed E-state index contributed by atoms with van der Waals surface area (Å²) in [5.41, 5.74) is 0.0760. The first-order valence-electron chi connectivity index (χ1n) is 8.23. The van der Waals surface area contributed by atoms with E-state index in [2.05, 4.69) is 5.32 Å². The number of carboxylic acid groups (broad SMARTS) is 1. The van der Waals surface area contributed by atoms with Crippen molar-refractivity contribution in [3.63, 3.8) is 0 Å². The van der Waals surface area contributed by atoms with Crippen LogP contribution in [0.15, 0.2) is 12.1 Å². The van der Waals surface area contributed by atoms with Crippen LogP contribution in [0.4, 0.5) is 4.79 Å². The number of carbonyl (C=O) groups excluding carboxylic acids is 1. The molecule has 0 aromatic heterocycles. The molecule has 2 amide bonds. The van der Waals surface area contributed by atoms with Crippen molar-refractivity contribution >= 4 is 23.6 Å². The Morgan fingerprint density at radius 1 is 1.36 bits per heavy atom. The van der Waals surface area contributed by atoms with Crippen molar-refractivity contribution in [2.24, 2.45) is 5.41 Å². The Labute approximate surface area is 150 Å². The van der Waals surface area contributed by atoms with E-state index in [4.69, 9.17) is 21.1 Å². The van der Waals surface area contributed by atoms with Gasteiger partial charge in [0.2, 0.25) is 0 Å². The molecule has 25 heavy (non-hydrogen) atoms. The lowest BCUT2D eigenvalue weighted by molar-refractivity contribution is -0.146. The molecule has 7 nitrogen and oxygen atoms in total. The number of nitrogens with zero attached hydrogens (tertiary/aromatic N) is 1. The third-order valence-corrected chi connectivity index (χ3v) is 4.90. The third-order valence-electron chi connectivity index (χ3n) is 4.62. The van der Waals surface area contributed by atoms with Crippen molar-refractivity contribution in [2.45, 2.75) is 19.8 Å². The van der Waals surface area contributed by atoms with E-state index >= 15 is 0 Å². The van der Waals surface area contributed by atoms with E-state index in [0.29, 0.717) is 55.7 Å². The highest BCUT2D eigenvalue weighted by Crippen LogP contribution is 2.38. The Morgan fingerprint density at radius 2 is 2.12 bits per heavy atom. The van der Waals surface area contributed by atoms with Gasteiger partial charge in [0.1, 0.15) is 13.2 Å². The summed E-state index contributed by atoms with van der Waals surface area (Å²) in [6.45, 7) is 3.73. The molecule has 1 fully saturated rings. The predicted octanol–water partition coefficient (Wildman–Crippen LogP) is 2.16. The number of halogens is 1. The lowest BCUT2D eigenvalue weighted by Gasteiger charge is -2.21. The maximum Gasteiger partial charge on any atom is 0.317 e. The van der Waals surface area contributed by atoms with Gasteiger partial charge in [-0.1, -0.05) is 11.6 Å². The van der Waals surface area contributed by atoms with Gasteiger partial charge >= 0.3 is 12.0 Å². The molecule has 1 atom stereocenters. The van der Waals surface area contributed by atoms with E-state index in [-0.39, 0.29) is 12.6 Å². The van der Waals surface area contributed by atoms with Crippen LogP contribution in [0.3, 0.4) is 0 Å². The van der Waals surface area contributed by atoms with Crippen molar-refractivity contribution in [1.82, 2.24) is 10.2 Å². The summed E-state index contributed by atoms with van der Waals surface area (Å²) < 4.78 is 11.0. The number of carbonyl (C=O) groups is 2. The maximum absolute atomic E-state index is 12.2. The molecular formula is C17H21ClN2O5. The summed E-state index contributed by atoms with van der Waals surface area (Å²) in [5.74, 6) is 0.316. The minimum Gasteiger partial charge on any atom is -0.486 e. The van der Waals surface area contributed by atoms with E-state index in [1.807, 2.05) is 6.07 Å². The number of aliphatic carboxylic acids is 1. The van der Waals surface area contributed by atoms with E-state index < -0.39 is 11.4 Å². The highest BCUT2D eigenvalue weighted by molar-refractivity contribution is 6.32. The number of benzene rings is 1. The zero-order valence-electron chi connectivity index (χ0n) is 14.0. The Bertz CT molecular complexity index is 696. The Morgan fingerprint density at radius 3 is 2.84 bits per heavy atom. The second kappa shape index (κ2) is 7.00. The van der Waals surface area contributed by atoms with Crippen LogP contribution in [0.2, 0.25) is 5.02 Å². The molecule has 8 heteroatoms. The Kier molecular flexibility index (Phi) is 4.94. The SMILES string of the molecule is CC1(C(=O)O)CCN(C(=O)NCCc2cc(Cl)c3c(c2)OCCO3)C1. The van der Waals surface area contributed by atoms with Crippen LogP contribution in [0.1, 0.15) is 18.9 Å². The van der Waals surface area contributed by atoms with Gasteiger partial charge < -0.3 is 24.8 Å². The summed E-state index contributed by atoms with van der Waals surface area (Å²) >= 11 is 6.20. The Balaban J connectivity index is 1.52. The lowest BCUT2D eigenvalue weighted by Crippen LogP contribution is -2.41. The smallest absolute Gasteiger partial charge is 0.317 e. The maximum atomic E-state index is 12.2. The van der Waals surface area contributed by atoms with Crippen molar-refractivity contribution in [3.8, 4) is 11.5 Å². The van der Waals surface area contributed by atoms with Crippen molar-refractivity contribution < 1.29 is 24.2 Å². The molecule has 2 heterocycles. The summed E-state index contributed by atoms with van der Waals surface area (Å²) in [6.07, 6.45) is 1.06. The zero-order valence-corrected chi connectivity index (χ0v) is 14.8. The molecule has 0 saturated carbocycles. The summed E-state index contributed by atoms with van der Waals surface area (Å²) in [5, 5.41) is 12.6. The van der Waals surface area contributed by atoms with Crippen molar-refractivity contribution in [1.29, 1.82) is 0 Å². The fraction of sp³-hybridized carbons (Fsp3) is 0.529. The molecule has 3 rings (SSSR count). The minimum absolute atomic E-state index is 0.226. The van der Waals surface area contributed by atoms with E-state index in [1.165, 1.54) is 0 Å². The van der Waals surface area contributed by atoms with Crippen LogP contribution in [0, 0.1) is 5.41 Å². The minimum atomic E-state index is -0.867. The average Bonchev–Trinajstić information content (AvgIpc) is 2.99. The van der Waals surface area contributed by atoms with Gasteiger partial charge in [-0.2, -0.15) is 0 Å². The topological polar surface area (TPSA) is 88.1 Å². The summed E-state index contributed by atoms with van der Waals surface area (Å²) in [4.78, 5) is 25.0. The first-order valence-corrected chi connectivity index (χ1v) is 8.61. The standard InChI is InChI=1S/C17H21ClN2O5/c1-17(15(21)22)3-5-20(10-17)16(23)19-4-2-11-8-12(18)14-13(9-11)24-6-7-25-14/h8-9H,2-7,10H2,1H3,(H,19,23)(H,21,22). The molecule has 1 aromatic carbocycles. The van der Waals surface area contributed by atoms with Gasteiger partial charge in [0.15, 0.2) is 11.5 Å². The normalized spacial score (nSPS) is 21.9. The quantitative estimate of drug-likeness (QED) is 0.850. The average molecular weight is 369 g/mol. The lowest BCUT2D eigenvalue weighted by atomic mass is 9.90. The number of carboxylic acids is 1. The molecule has 1 aromatic rings. The predicted molar refractivity (Wildman–Crippen MR) is 91.5 cm³/mol. The van der Waals surface area contributed by atoms with Gasteiger partial charge in [-0.15, -0.1) is 0 Å². The van der Waals surface area contributed by atoms with Crippen LogP contribution in [-0.2, 0) is 11.2 Å². The first kappa shape index (κ1) is 17.7. The molecule has 2 aliphatic rings. The fourth-order valence-corrected chi connectivity index (χ4v) is 3.33. The third kappa shape index (κ3) is 3.76. The molecule has 1 saturated heterocycles. The molecular weight excluding hydrogens is 348 g/mol. The molecule has 0 bridgehead atoms. The molecule has 0 radical (unpaired) electrons. The second-order valence-electron chi connectivity index (χ2n) is 6.62. The molecule has 2 aliphatic heterocycles. The van der Waals surface area contributed by atoms with Gasteiger partial charge in [0.05, 0.1) is 10.4 Å². The van der Waals surface area contributed by atoms with E-state index in [9.17, 15) is 14.7 Å². The first-order chi connectivity index (χ1) is 11.9. The van der Waals surface area contributed by atoms with Crippen LogP contribution in [-0.4, -0.2) is 54.9 Å². The van der Waals surface area contributed by atoms with E-state index in [1.54, 1.807) is 17.9 Å². The molecule has 0 spiro atoms. The van der Waals surface area contributed by atoms with Gasteiger partial charge in [-0.25, -0.2) is 4.79 Å². The highest BCUT2D eigenvalue weighted by Gasteiger charge is 2.42. The molecule has 1 unspecified atom stereocenters. The number of amides is 2. The number of hydrogen-bond acceptors (Lipinski definition) is 4. The van der Waals surface area contributed by atoms with Crippen LogP contribution in [0.25, 0.3) is 0 Å². The number of rotatable bonds is 4. The van der Waals surface area contributed by atoms with Crippen LogP contribution in [0.5, 0.6) is 11.5 Å². The molecule has 0 aliphatic carbocycles. The van der Waals surface area contributed by atoms with Crippen molar-refractivity contribution in [2.75, 3.05) is 32.8 Å². The summed E-state index contributed by atoms with van der Waals surface area (Å²) in [7, 11) is 0.